The number of piperidine rings is 1. The fraction of sp³-hybridized carbons (Fsp3) is 0.692. The zero-order chi connectivity index (χ0) is 12.1. The highest BCUT2D eigenvalue weighted by Crippen LogP contribution is 2.19. The molecule has 0 aliphatic carbocycles. The van der Waals surface area contributed by atoms with E-state index in [1.54, 1.807) is 7.11 Å². The van der Waals surface area contributed by atoms with Crippen LogP contribution in [0.1, 0.15) is 31.9 Å². The third-order valence-electron chi connectivity index (χ3n) is 3.50. The maximum Gasteiger partial charge on any atom is 0.233 e. The molecule has 0 spiro atoms. The molecule has 94 valence electrons. The van der Waals surface area contributed by atoms with E-state index < -0.39 is 0 Å². The van der Waals surface area contributed by atoms with Crippen molar-refractivity contribution in [2.45, 2.75) is 38.6 Å². The van der Waals surface area contributed by atoms with Crippen LogP contribution in [0.5, 0.6) is 5.88 Å². The van der Waals surface area contributed by atoms with Crippen molar-refractivity contribution in [3.63, 3.8) is 0 Å². The SMILES string of the molecule is CCN1CCCCC1Cc1ccc(OC)nn1. The summed E-state index contributed by atoms with van der Waals surface area (Å²) in [6.45, 7) is 4.59. The number of hydrogen-bond donors (Lipinski definition) is 0. The maximum atomic E-state index is 5.02. The number of rotatable bonds is 4. The second-order valence-corrected chi connectivity index (χ2v) is 4.55. The number of aromatic nitrogens is 2. The Labute approximate surface area is 103 Å². The van der Waals surface area contributed by atoms with Crippen LogP contribution in [-0.2, 0) is 6.42 Å². The average Bonchev–Trinajstić information content (AvgIpc) is 2.40. The second kappa shape index (κ2) is 5.96. The molecular weight excluding hydrogens is 214 g/mol. The third kappa shape index (κ3) is 3.16. The molecule has 17 heavy (non-hydrogen) atoms. The van der Waals surface area contributed by atoms with Crippen LogP contribution in [-0.4, -0.2) is 41.3 Å². The Morgan fingerprint density at radius 2 is 2.24 bits per heavy atom. The van der Waals surface area contributed by atoms with Crippen molar-refractivity contribution in [1.82, 2.24) is 15.1 Å². The predicted octanol–water partition coefficient (Wildman–Crippen LogP) is 1.90. The fourth-order valence-electron chi connectivity index (χ4n) is 2.51. The molecular formula is C13H21N3O. The van der Waals surface area contributed by atoms with E-state index >= 15 is 0 Å². The van der Waals surface area contributed by atoms with E-state index in [1.165, 1.54) is 25.8 Å². The Hall–Kier alpha value is -1.16. The summed E-state index contributed by atoms with van der Waals surface area (Å²) in [5, 5.41) is 8.23. The Bertz CT molecular complexity index is 339. The van der Waals surface area contributed by atoms with Gasteiger partial charge in [-0.1, -0.05) is 13.3 Å². The summed E-state index contributed by atoms with van der Waals surface area (Å²) in [6.07, 6.45) is 4.95. The van der Waals surface area contributed by atoms with Crippen molar-refractivity contribution in [1.29, 1.82) is 0 Å². The van der Waals surface area contributed by atoms with Gasteiger partial charge in [-0.05, 0) is 32.0 Å². The minimum Gasteiger partial charge on any atom is -0.480 e. The number of ether oxygens (including phenoxy) is 1. The Morgan fingerprint density at radius 1 is 1.35 bits per heavy atom. The Balaban J connectivity index is 1.98. The molecule has 2 rings (SSSR count). The van der Waals surface area contributed by atoms with Crippen molar-refractivity contribution in [3.05, 3.63) is 17.8 Å². The van der Waals surface area contributed by atoms with Crippen molar-refractivity contribution < 1.29 is 4.74 Å². The van der Waals surface area contributed by atoms with Crippen LogP contribution in [0.25, 0.3) is 0 Å². The summed E-state index contributed by atoms with van der Waals surface area (Å²) >= 11 is 0. The molecule has 0 bridgehead atoms. The molecule has 2 heterocycles. The molecule has 1 aromatic rings. The van der Waals surface area contributed by atoms with Crippen LogP contribution in [0, 0.1) is 0 Å². The quantitative estimate of drug-likeness (QED) is 0.799. The topological polar surface area (TPSA) is 38.2 Å². The van der Waals surface area contributed by atoms with Crippen molar-refractivity contribution in [2.24, 2.45) is 0 Å². The van der Waals surface area contributed by atoms with Crippen LogP contribution in [0.15, 0.2) is 12.1 Å². The monoisotopic (exact) mass is 235 g/mol. The molecule has 0 saturated carbocycles. The van der Waals surface area contributed by atoms with E-state index in [0.29, 0.717) is 11.9 Å². The second-order valence-electron chi connectivity index (χ2n) is 4.55. The first-order valence-electron chi connectivity index (χ1n) is 6.44. The predicted molar refractivity (Wildman–Crippen MR) is 67.2 cm³/mol. The smallest absolute Gasteiger partial charge is 0.233 e. The molecule has 0 N–H and O–H groups in total. The summed E-state index contributed by atoms with van der Waals surface area (Å²) in [5.41, 5.74) is 1.07. The van der Waals surface area contributed by atoms with E-state index in [1.807, 2.05) is 12.1 Å². The lowest BCUT2D eigenvalue weighted by molar-refractivity contribution is 0.154. The van der Waals surface area contributed by atoms with Crippen molar-refractivity contribution in [2.75, 3.05) is 20.2 Å². The van der Waals surface area contributed by atoms with Gasteiger partial charge in [0.2, 0.25) is 5.88 Å². The highest BCUT2D eigenvalue weighted by molar-refractivity contribution is 5.12. The molecule has 1 atom stereocenters. The molecule has 1 fully saturated rings. The van der Waals surface area contributed by atoms with Crippen LogP contribution >= 0.6 is 0 Å². The lowest BCUT2D eigenvalue weighted by atomic mass is 9.98. The first-order chi connectivity index (χ1) is 8.33. The molecule has 4 nitrogen and oxygen atoms in total. The van der Waals surface area contributed by atoms with Crippen LogP contribution in [0.2, 0.25) is 0 Å². The normalized spacial score (nSPS) is 21.4. The van der Waals surface area contributed by atoms with E-state index in [9.17, 15) is 0 Å². The van der Waals surface area contributed by atoms with Gasteiger partial charge in [-0.2, -0.15) is 5.10 Å². The number of nitrogens with zero attached hydrogens (tertiary/aromatic N) is 3. The van der Waals surface area contributed by atoms with Crippen LogP contribution in [0.4, 0.5) is 0 Å². The van der Waals surface area contributed by atoms with Gasteiger partial charge in [-0.25, -0.2) is 0 Å². The molecule has 4 heteroatoms. The lowest BCUT2D eigenvalue weighted by Gasteiger charge is -2.34. The van der Waals surface area contributed by atoms with Gasteiger partial charge >= 0.3 is 0 Å². The first kappa shape index (κ1) is 12.3. The molecule has 1 aliphatic rings. The molecule has 1 saturated heterocycles. The zero-order valence-corrected chi connectivity index (χ0v) is 10.7. The zero-order valence-electron chi connectivity index (χ0n) is 10.7. The average molecular weight is 235 g/mol. The van der Waals surface area contributed by atoms with E-state index in [2.05, 4.69) is 22.0 Å². The molecule has 1 aliphatic heterocycles. The van der Waals surface area contributed by atoms with Gasteiger partial charge < -0.3 is 9.64 Å². The summed E-state index contributed by atoms with van der Waals surface area (Å²) in [7, 11) is 1.61. The van der Waals surface area contributed by atoms with Gasteiger partial charge in [0.1, 0.15) is 0 Å². The van der Waals surface area contributed by atoms with E-state index in [4.69, 9.17) is 4.74 Å². The summed E-state index contributed by atoms with van der Waals surface area (Å²) in [6, 6.07) is 4.55. The number of methoxy groups -OCH3 is 1. The molecule has 0 radical (unpaired) electrons. The summed E-state index contributed by atoms with van der Waals surface area (Å²) in [5.74, 6) is 0.588. The maximum absolute atomic E-state index is 5.02. The Morgan fingerprint density at radius 3 is 2.88 bits per heavy atom. The van der Waals surface area contributed by atoms with E-state index in [-0.39, 0.29) is 0 Å². The minimum absolute atomic E-state index is 0.588. The van der Waals surface area contributed by atoms with E-state index in [0.717, 1.165) is 18.7 Å². The standard InChI is InChI=1S/C13H21N3O/c1-3-16-9-5-4-6-12(16)10-11-7-8-13(17-2)15-14-11/h7-8,12H,3-6,9-10H2,1-2H3. The van der Waals surface area contributed by atoms with Gasteiger partial charge in [0, 0.05) is 18.5 Å². The molecule has 1 unspecified atom stereocenters. The van der Waals surface area contributed by atoms with Gasteiger partial charge in [0.05, 0.1) is 12.8 Å². The van der Waals surface area contributed by atoms with Gasteiger partial charge in [0.25, 0.3) is 0 Å². The highest BCUT2D eigenvalue weighted by Gasteiger charge is 2.21. The summed E-state index contributed by atoms with van der Waals surface area (Å²) < 4.78 is 5.02. The fourth-order valence-corrected chi connectivity index (χ4v) is 2.51. The lowest BCUT2D eigenvalue weighted by Crippen LogP contribution is -2.40. The first-order valence-corrected chi connectivity index (χ1v) is 6.44. The van der Waals surface area contributed by atoms with Gasteiger partial charge in [-0.15, -0.1) is 5.10 Å². The minimum atomic E-state index is 0.588. The molecule has 0 amide bonds. The van der Waals surface area contributed by atoms with Gasteiger partial charge in [-0.3, -0.25) is 0 Å². The van der Waals surface area contributed by atoms with Crippen molar-refractivity contribution in [3.8, 4) is 5.88 Å². The largest absolute Gasteiger partial charge is 0.480 e. The number of likely N-dealkylation sites (tertiary alicyclic amines) is 1. The van der Waals surface area contributed by atoms with Crippen LogP contribution in [0.3, 0.4) is 0 Å². The van der Waals surface area contributed by atoms with Crippen molar-refractivity contribution >= 4 is 0 Å². The third-order valence-corrected chi connectivity index (χ3v) is 3.50. The van der Waals surface area contributed by atoms with Crippen LogP contribution < -0.4 is 4.74 Å². The Kier molecular flexibility index (Phi) is 4.31. The highest BCUT2D eigenvalue weighted by atomic mass is 16.5. The molecule has 0 aromatic carbocycles. The number of hydrogen-bond acceptors (Lipinski definition) is 4. The summed E-state index contributed by atoms with van der Waals surface area (Å²) in [4.78, 5) is 2.55. The number of likely N-dealkylation sites (N-methyl/N-ethyl adjacent to an activating group) is 1. The van der Waals surface area contributed by atoms with Gasteiger partial charge in [0.15, 0.2) is 0 Å². The molecule has 1 aromatic heterocycles.